The van der Waals surface area contributed by atoms with Crippen LogP contribution in [0.5, 0.6) is 0 Å². The molecule has 4 amide bonds. The molecule has 0 bridgehead atoms. The number of rotatable bonds is 7. The van der Waals surface area contributed by atoms with Crippen LogP contribution < -0.4 is 5.32 Å². The van der Waals surface area contributed by atoms with Crippen LogP contribution in [0.25, 0.3) is 0 Å². The van der Waals surface area contributed by atoms with Crippen LogP contribution in [0, 0.1) is 0 Å². The van der Waals surface area contributed by atoms with Crippen molar-refractivity contribution in [3.05, 3.63) is 25.3 Å². The third-order valence-electron chi connectivity index (χ3n) is 2.13. The molecule has 102 valence electrons. The van der Waals surface area contributed by atoms with E-state index in [9.17, 15) is 14.8 Å². The standard InChI is InChI=1S/C12H21N3O3/c1-4-7-10-15(18)12(17)14(9-6-3)11(16)13-8-5-2/h5-6,18H,2-4,7-10H2,1H3,(H,13,16). The molecule has 0 spiro atoms. The van der Waals surface area contributed by atoms with E-state index >= 15 is 0 Å². The van der Waals surface area contributed by atoms with E-state index in [1.165, 1.54) is 12.2 Å². The smallest absolute Gasteiger partial charge is 0.334 e. The maximum atomic E-state index is 11.8. The minimum atomic E-state index is -0.759. The van der Waals surface area contributed by atoms with Gasteiger partial charge in [0.2, 0.25) is 0 Å². The minimum absolute atomic E-state index is 0.0327. The topological polar surface area (TPSA) is 72.9 Å². The van der Waals surface area contributed by atoms with Gasteiger partial charge in [0.25, 0.3) is 0 Å². The van der Waals surface area contributed by atoms with Crippen molar-refractivity contribution in [1.29, 1.82) is 0 Å². The van der Waals surface area contributed by atoms with E-state index in [-0.39, 0.29) is 19.6 Å². The average Bonchev–Trinajstić information content (AvgIpc) is 2.38. The summed E-state index contributed by atoms with van der Waals surface area (Å²) in [4.78, 5) is 24.4. The average molecular weight is 255 g/mol. The predicted octanol–water partition coefficient (Wildman–Crippen LogP) is 1.98. The Balaban J connectivity index is 4.55. The lowest BCUT2D eigenvalue weighted by atomic mass is 10.3. The monoisotopic (exact) mass is 255 g/mol. The van der Waals surface area contributed by atoms with Gasteiger partial charge < -0.3 is 5.32 Å². The van der Waals surface area contributed by atoms with Gasteiger partial charge in [-0.25, -0.2) is 19.6 Å². The molecule has 18 heavy (non-hydrogen) atoms. The number of carbonyl (C=O) groups excluding carboxylic acids is 2. The van der Waals surface area contributed by atoms with Crippen molar-refractivity contribution in [2.75, 3.05) is 19.6 Å². The first-order valence-corrected chi connectivity index (χ1v) is 5.86. The van der Waals surface area contributed by atoms with Crippen LogP contribution in [-0.2, 0) is 0 Å². The van der Waals surface area contributed by atoms with Crippen LogP contribution in [0.2, 0.25) is 0 Å². The van der Waals surface area contributed by atoms with Gasteiger partial charge in [-0.15, -0.1) is 13.2 Å². The molecule has 0 fully saturated rings. The van der Waals surface area contributed by atoms with Gasteiger partial charge in [-0.3, -0.25) is 5.21 Å². The minimum Gasteiger partial charge on any atom is -0.334 e. The Kier molecular flexibility index (Phi) is 8.30. The number of urea groups is 2. The van der Waals surface area contributed by atoms with Gasteiger partial charge in [-0.05, 0) is 6.42 Å². The quantitative estimate of drug-likeness (QED) is 0.415. The second-order valence-corrected chi connectivity index (χ2v) is 3.63. The number of hydrogen-bond acceptors (Lipinski definition) is 3. The number of imide groups is 1. The fourth-order valence-electron chi connectivity index (χ4n) is 1.17. The van der Waals surface area contributed by atoms with Crippen LogP contribution in [0.15, 0.2) is 25.3 Å². The molecule has 0 aliphatic rings. The van der Waals surface area contributed by atoms with Gasteiger partial charge in [0, 0.05) is 6.54 Å². The molecule has 0 saturated heterocycles. The molecule has 0 unspecified atom stereocenters. The summed E-state index contributed by atoms with van der Waals surface area (Å²) in [6, 6.07) is -1.35. The van der Waals surface area contributed by atoms with Crippen molar-refractivity contribution in [2.45, 2.75) is 19.8 Å². The van der Waals surface area contributed by atoms with Crippen molar-refractivity contribution in [3.63, 3.8) is 0 Å². The lowest BCUT2D eigenvalue weighted by Gasteiger charge is -2.24. The Morgan fingerprint density at radius 3 is 2.50 bits per heavy atom. The summed E-state index contributed by atoms with van der Waals surface area (Å²) < 4.78 is 0. The maximum absolute atomic E-state index is 11.8. The highest BCUT2D eigenvalue weighted by Crippen LogP contribution is 2.00. The molecule has 0 aromatic rings. The van der Waals surface area contributed by atoms with Crippen LogP contribution >= 0.6 is 0 Å². The second kappa shape index (κ2) is 9.23. The molecular weight excluding hydrogens is 234 g/mol. The molecule has 0 heterocycles. The van der Waals surface area contributed by atoms with Crippen molar-refractivity contribution in [2.24, 2.45) is 0 Å². The van der Waals surface area contributed by atoms with Crippen LogP contribution in [0.4, 0.5) is 9.59 Å². The highest BCUT2D eigenvalue weighted by atomic mass is 16.5. The molecule has 0 radical (unpaired) electrons. The van der Waals surface area contributed by atoms with E-state index in [0.717, 1.165) is 11.3 Å². The van der Waals surface area contributed by atoms with E-state index in [1.54, 1.807) is 0 Å². The van der Waals surface area contributed by atoms with Gasteiger partial charge >= 0.3 is 12.1 Å². The zero-order valence-electron chi connectivity index (χ0n) is 10.8. The SMILES string of the molecule is C=CCNC(=O)N(CC=C)C(=O)N(O)CCCC. The molecule has 0 aromatic carbocycles. The Morgan fingerprint density at radius 2 is 2.00 bits per heavy atom. The molecule has 0 aliphatic carbocycles. The Hall–Kier alpha value is -1.82. The van der Waals surface area contributed by atoms with Gasteiger partial charge in [0.15, 0.2) is 0 Å². The molecular formula is C12H21N3O3. The van der Waals surface area contributed by atoms with Crippen molar-refractivity contribution >= 4 is 12.1 Å². The fourth-order valence-corrected chi connectivity index (χ4v) is 1.17. The summed E-state index contributed by atoms with van der Waals surface area (Å²) in [5.41, 5.74) is 0. The third-order valence-corrected chi connectivity index (χ3v) is 2.13. The zero-order chi connectivity index (χ0) is 14.0. The summed E-state index contributed by atoms with van der Waals surface area (Å²) in [5, 5.41) is 12.5. The Morgan fingerprint density at radius 1 is 1.33 bits per heavy atom. The number of nitrogens with one attached hydrogen (secondary N) is 1. The summed E-state index contributed by atoms with van der Waals surface area (Å²) in [6.45, 7) is 9.35. The summed E-state index contributed by atoms with van der Waals surface area (Å²) in [7, 11) is 0. The van der Waals surface area contributed by atoms with E-state index in [0.29, 0.717) is 11.5 Å². The normalized spacial score (nSPS) is 9.44. The second-order valence-electron chi connectivity index (χ2n) is 3.63. The molecule has 2 N–H and O–H groups in total. The van der Waals surface area contributed by atoms with Crippen molar-refractivity contribution in [3.8, 4) is 0 Å². The summed E-state index contributed by atoms with van der Waals surface area (Å²) in [6.07, 6.45) is 4.42. The number of hydroxylamine groups is 2. The fraction of sp³-hybridized carbons (Fsp3) is 0.500. The molecule has 0 aliphatic heterocycles. The van der Waals surface area contributed by atoms with E-state index in [2.05, 4.69) is 18.5 Å². The zero-order valence-corrected chi connectivity index (χ0v) is 10.8. The Labute approximate surface area is 108 Å². The number of unbranched alkanes of at least 4 members (excludes halogenated alkanes) is 1. The first kappa shape index (κ1) is 16.2. The molecule has 6 heteroatoms. The first-order valence-electron chi connectivity index (χ1n) is 5.86. The molecule has 0 aromatic heterocycles. The van der Waals surface area contributed by atoms with E-state index < -0.39 is 12.1 Å². The molecule has 6 nitrogen and oxygen atoms in total. The maximum Gasteiger partial charge on any atom is 0.352 e. The number of hydrogen-bond donors (Lipinski definition) is 2. The summed E-state index contributed by atoms with van der Waals surface area (Å²) in [5.74, 6) is 0. The van der Waals surface area contributed by atoms with Gasteiger partial charge in [0.1, 0.15) is 0 Å². The highest BCUT2D eigenvalue weighted by molar-refractivity contribution is 5.93. The lowest BCUT2D eigenvalue weighted by Crippen LogP contribution is -2.49. The van der Waals surface area contributed by atoms with Gasteiger partial charge in [-0.2, -0.15) is 0 Å². The first-order chi connectivity index (χ1) is 8.58. The van der Waals surface area contributed by atoms with Crippen molar-refractivity contribution < 1.29 is 14.8 Å². The van der Waals surface area contributed by atoms with Gasteiger partial charge in [-0.1, -0.05) is 25.5 Å². The number of nitrogens with zero attached hydrogens (tertiary/aromatic N) is 2. The van der Waals surface area contributed by atoms with Crippen molar-refractivity contribution in [1.82, 2.24) is 15.3 Å². The highest BCUT2D eigenvalue weighted by Gasteiger charge is 2.23. The molecule has 0 rings (SSSR count). The predicted molar refractivity (Wildman–Crippen MR) is 69.3 cm³/mol. The van der Waals surface area contributed by atoms with E-state index in [1.807, 2.05) is 6.92 Å². The third kappa shape index (κ3) is 5.49. The van der Waals surface area contributed by atoms with Crippen LogP contribution in [0.1, 0.15) is 19.8 Å². The molecule has 0 saturated carbocycles. The van der Waals surface area contributed by atoms with Gasteiger partial charge in [0.05, 0.1) is 13.1 Å². The lowest BCUT2D eigenvalue weighted by molar-refractivity contribution is -0.0528. The Bertz CT molecular complexity index is 305. The van der Waals surface area contributed by atoms with E-state index in [4.69, 9.17) is 0 Å². The number of amides is 4. The van der Waals surface area contributed by atoms with Crippen LogP contribution in [-0.4, -0.2) is 46.9 Å². The largest absolute Gasteiger partial charge is 0.352 e. The number of carbonyl (C=O) groups is 2. The summed E-state index contributed by atoms with van der Waals surface area (Å²) >= 11 is 0. The van der Waals surface area contributed by atoms with Crippen LogP contribution in [0.3, 0.4) is 0 Å². The molecule has 0 atom stereocenters.